The van der Waals surface area contributed by atoms with E-state index in [1.54, 1.807) is 6.20 Å². The number of aliphatic hydroxyl groups excluding tert-OH is 1. The van der Waals surface area contributed by atoms with E-state index in [4.69, 9.17) is 17.2 Å². The van der Waals surface area contributed by atoms with Crippen molar-refractivity contribution in [2.45, 2.75) is 56.3 Å². The lowest BCUT2D eigenvalue weighted by Gasteiger charge is -2.29. The molecular weight excluding hydrogens is 508 g/mol. The van der Waals surface area contributed by atoms with E-state index in [1.165, 1.54) is 4.90 Å². The number of likely N-dealkylation sites (tertiary alicyclic amines) is 1. The van der Waals surface area contributed by atoms with Crippen LogP contribution in [0, 0.1) is 0 Å². The first-order valence-corrected chi connectivity index (χ1v) is 12.7. The van der Waals surface area contributed by atoms with E-state index in [1.807, 2.05) is 24.3 Å². The molecule has 0 spiro atoms. The lowest BCUT2D eigenvalue weighted by molar-refractivity contribution is -0.145. The number of H-pyrrole nitrogens is 1. The van der Waals surface area contributed by atoms with Gasteiger partial charge in [-0.3, -0.25) is 19.4 Å². The van der Waals surface area contributed by atoms with E-state index in [-0.39, 0.29) is 31.9 Å². The summed E-state index contributed by atoms with van der Waals surface area (Å²) >= 11 is 0. The van der Waals surface area contributed by atoms with Gasteiger partial charge in [0.15, 0.2) is 5.96 Å². The molecule has 14 nitrogen and oxygen atoms in total. The number of fused-ring (bicyclic) bond motifs is 1. The van der Waals surface area contributed by atoms with Crippen molar-refractivity contribution in [2.75, 3.05) is 19.7 Å². The summed E-state index contributed by atoms with van der Waals surface area (Å²) < 4.78 is 0. The molecule has 1 aliphatic rings. The lowest BCUT2D eigenvalue weighted by Crippen LogP contribution is -2.58. The molecule has 1 aromatic heterocycles. The molecule has 4 unspecified atom stereocenters. The summed E-state index contributed by atoms with van der Waals surface area (Å²) in [5.41, 5.74) is 18.4. The highest BCUT2D eigenvalue weighted by Gasteiger charge is 2.39. The highest BCUT2D eigenvalue weighted by Crippen LogP contribution is 2.20. The summed E-state index contributed by atoms with van der Waals surface area (Å²) in [6, 6.07) is 3.13. The maximum absolute atomic E-state index is 13.2. The van der Waals surface area contributed by atoms with Crippen molar-refractivity contribution in [3.05, 3.63) is 36.0 Å². The third kappa shape index (κ3) is 7.67. The third-order valence-corrected chi connectivity index (χ3v) is 6.65. The molecule has 1 aliphatic heterocycles. The second-order valence-electron chi connectivity index (χ2n) is 9.45. The number of amides is 3. The van der Waals surface area contributed by atoms with Crippen molar-refractivity contribution < 1.29 is 29.4 Å². The fourth-order valence-corrected chi connectivity index (χ4v) is 4.63. The number of aliphatic carboxylic acids is 1. The zero-order chi connectivity index (χ0) is 28.5. The second-order valence-corrected chi connectivity index (χ2v) is 9.45. The molecule has 1 fully saturated rings. The van der Waals surface area contributed by atoms with Gasteiger partial charge in [0.2, 0.25) is 17.7 Å². The van der Waals surface area contributed by atoms with Gasteiger partial charge >= 0.3 is 5.97 Å². The largest absolute Gasteiger partial charge is 0.480 e. The Kier molecular flexibility index (Phi) is 10.2. The maximum atomic E-state index is 13.2. The van der Waals surface area contributed by atoms with Crippen molar-refractivity contribution in [1.82, 2.24) is 20.5 Å². The SMILES string of the molecule is NC(N)=NCCCC(NC(=O)C1CCCN1C(=O)C(CO)NC(=O)C(N)Cc1c[nH]c2ccccc12)C(=O)O. The van der Waals surface area contributed by atoms with Gasteiger partial charge in [-0.2, -0.15) is 0 Å². The summed E-state index contributed by atoms with van der Waals surface area (Å²) in [6.45, 7) is -0.277. The Morgan fingerprint density at radius 3 is 2.59 bits per heavy atom. The molecule has 0 aliphatic carbocycles. The number of carbonyl (C=O) groups is 4. The Morgan fingerprint density at radius 1 is 1.15 bits per heavy atom. The number of aliphatic hydroxyl groups is 1. The predicted octanol–water partition coefficient (Wildman–Crippen LogP) is -1.87. The third-order valence-electron chi connectivity index (χ3n) is 6.65. The van der Waals surface area contributed by atoms with Crippen LogP contribution in [0.3, 0.4) is 0 Å². The smallest absolute Gasteiger partial charge is 0.326 e. The van der Waals surface area contributed by atoms with Gasteiger partial charge in [-0.05, 0) is 43.7 Å². The number of rotatable bonds is 13. The number of hydrogen-bond donors (Lipinski definition) is 8. The normalized spacial score (nSPS) is 17.3. The van der Waals surface area contributed by atoms with E-state index in [0.717, 1.165) is 16.5 Å². The van der Waals surface area contributed by atoms with Crippen LogP contribution in [0.2, 0.25) is 0 Å². The lowest BCUT2D eigenvalue weighted by atomic mass is 10.0. The zero-order valence-corrected chi connectivity index (χ0v) is 21.5. The highest BCUT2D eigenvalue weighted by atomic mass is 16.4. The Hall–Kier alpha value is -4.17. The number of aliphatic imine (C=N–C) groups is 1. The molecule has 2 aromatic rings. The maximum Gasteiger partial charge on any atom is 0.326 e. The van der Waals surface area contributed by atoms with Crippen LogP contribution in [-0.2, 0) is 25.6 Å². The average Bonchev–Trinajstić information content (AvgIpc) is 3.56. The molecule has 1 aromatic carbocycles. The first-order chi connectivity index (χ1) is 18.6. The number of nitrogens with two attached hydrogens (primary N) is 3. The minimum atomic E-state index is -1.31. The molecule has 3 amide bonds. The number of hydrogen-bond acceptors (Lipinski definition) is 7. The standard InChI is InChI=1S/C25H36N8O6/c26-16(11-14-12-30-17-6-2-1-5-15(14)17)21(35)32-19(13-34)23(37)33-10-4-8-20(33)22(36)31-18(24(38)39)7-3-9-29-25(27)28/h1-2,5-6,12,16,18-20,30,34H,3-4,7-11,13,26H2,(H,31,36)(H,32,35)(H,38,39)(H4,27,28,29). The quantitative estimate of drug-likeness (QED) is 0.0798. The van der Waals surface area contributed by atoms with Crippen LogP contribution >= 0.6 is 0 Å². The number of carboxylic acid groups (broad SMARTS) is 1. The molecule has 2 heterocycles. The number of para-hydroxylation sites is 1. The Bertz CT molecular complexity index is 1210. The van der Waals surface area contributed by atoms with Crippen LogP contribution in [0.1, 0.15) is 31.2 Å². The number of nitrogens with zero attached hydrogens (tertiary/aromatic N) is 2. The van der Waals surface area contributed by atoms with Gasteiger partial charge in [-0.15, -0.1) is 0 Å². The summed E-state index contributed by atoms with van der Waals surface area (Å²) in [7, 11) is 0. The van der Waals surface area contributed by atoms with Crippen molar-refractivity contribution in [2.24, 2.45) is 22.2 Å². The number of aromatic amines is 1. The topological polar surface area (TPSA) is 242 Å². The number of carboxylic acids is 1. The molecule has 0 radical (unpaired) electrons. The van der Waals surface area contributed by atoms with E-state index in [9.17, 15) is 29.4 Å². The van der Waals surface area contributed by atoms with E-state index in [2.05, 4.69) is 20.6 Å². The highest BCUT2D eigenvalue weighted by molar-refractivity contribution is 5.95. The molecule has 14 heteroatoms. The van der Waals surface area contributed by atoms with E-state index >= 15 is 0 Å². The van der Waals surface area contributed by atoms with Gasteiger partial charge in [0.1, 0.15) is 18.1 Å². The van der Waals surface area contributed by atoms with Crippen LogP contribution < -0.4 is 27.8 Å². The molecular formula is C25H36N8O6. The van der Waals surface area contributed by atoms with Crippen LogP contribution in [0.25, 0.3) is 10.9 Å². The van der Waals surface area contributed by atoms with Gasteiger partial charge in [-0.25, -0.2) is 4.79 Å². The van der Waals surface area contributed by atoms with Crippen molar-refractivity contribution in [1.29, 1.82) is 0 Å². The van der Waals surface area contributed by atoms with Crippen molar-refractivity contribution in [3.8, 4) is 0 Å². The second kappa shape index (κ2) is 13.6. The van der Waals surface area contributed by atoms with Gasteiger partial charge in [0.25, 0.3) is 0 Å². The minimum absolute atomic E-state index is 0.0855. The summed E-state index contributed by atoms with van der Waals surface area (Å²) in [4.78, 5) is 58.7. The zero-order valence-electron chi connectivity index (χ0n) is 21.5. The Labute approximate surface area is 225 Å². The molecule has 3 rings (SSSR count). The number of nitrogens with one attached hydrogen (secondary N) is 3. The van der Waals surface area contributed by atoms with Gasteiger partial charge in [0.05, 0.1) is 12.6 Å². The monoisotopic (exact) mass is 544 g/mol. The molecule has 0 bridgehead atoms. The first kappa shape index (κ1) is 29.4. The predicted molar refractivity (Wildman–Crippen MR) is 143 cm³/mol. The van der Waals surface area contributed by atoms with Crippen molar-refractivity contribution >= 4 is 40.6 Å². The molecule has 212 valence electrons. The van der Waals surface area contributed by atoms with E-state index < -0.39 is 54.5 Å². The molecule has 4 atom stereocenters. The number of carbonyl (C=O) groups excluding carboxylic acids is 3. The van der Waals surface area contributed by atoms with Gasteiger partial charge in [0, 0.05) is 30.2 Å². The van der Waals surface area contributed by atoms with Crippen LogP contribution in [-0.4, -0.2) is 93.6 Å². The average molecular weight is 545 g/mol. The number of guanidine groups is 1. The molecule has 1 saturated heterocycles. The summed E-state index contributed by atoms with van der Waals surface area (Å²) in [5, 5.41) is 25.3. The van der Waals surface area contributed by atoms with Gasteiger partial charge < -0.3 is 47.9 Å². The van der Waals surface area contributed by atoms with Crippen LogP contribution in [0.5, 0.6) is 0 Å². The minimum Gasteiger partial charge on any atom is -0.480 e. The number of aromatic nitrogens is 1. The first-order valence-electron chi connectivity index (χ1n) is 12.7. The number of benzene rings is 1. The summed E-state index contributed by atoms with van der Waals surface area (Å²) in [5.74, 6) is -3.25. The van der Waals surface area contributed by atoms with E-state index in [0.29, 0.717) is 19.3 Å². The fourth-order valence-electron chi connectivity index (χ4n) is 4.63. The molecule has 11 N–H and O–H groups in total. The van der Waals surface area contributed by atoms with Crippen molar-refractivity contribution in [3.63, 3.8) is 0 Å². The Morgan fingerprint density at radius 2 is 1.90 bits per heavy atom. The fraction of sp³-hybridized carbons (Fsp3) is 0.480. The molecule has 39 heavy (non-hydrogen) atoms. The summed E-state index contributed by atoms with van der Waals surface area (Å²) in [6.07, 6.45) is 3.19. The van der Waals surface area contributed by atoms with Crippen LogP contribution in [0.15, 0.2) is 35.5 Å². The van der Waals surface area contributed by atoms with Gasteiger partial charge in [-0.1, -0.05) is 18.2 Å². The Balaban J connectivity index is 1.59. The van der Waals surface area contributed by atoms with Crippen LogP contribution in [0.4, 0.5) is 0 Å². The molecule has 0 saturated carbocycles.